The monoisotopic (exact) mass is 1640 g/mol. The zero-order valence-corrected chi connectivity index (χ0v) is 63.6. The number of carbonyl (C=O) groups excluding carboxylic acids is 6. The number of benzene rings is 4. The number of furan rings is 4. The number of hydrogen-bond donors (Lipinski definition) is 0. The molecule has 3 aliphatic heterocycles. The molecule has 0 radical (unpaired) electrons. The molecule has 23 nitrogen and oxygen atoms in total. The summed E-state index contributed by atoms with van der Waals surface area (Å²) in [5.41, 5.74) is 9.17. The van der Waals surface area contributed by atoms with Crippen molar-refractivity contribution < 1.29 is 95.9 Å². The van der Waals surface area contributed by atoms with Crippen molar-refractivity contribution in [2.75, 3.05) is 91.9 Å². The molecule has 3 saturated heterocycles. The van der Waals surface area contributed by atoms with Gasteiger partial charge in [-0.25, -0.2) is 15.0 Å². The first-order chi connectivity index (χ1) is 51.3. The molecule has 12 aromatic rings. The molecule has 566 valence electrons. The van der Waals surface area contributed by atoms with E-state index in [1.807, 2.05) is 78.9 Å². The van der Waals surface area contributed by atoms with Crippen LogP contribution in [0.2, 0.25) is 0 Å². The summed E-state index contributed by atoms with van der Waals surface area (Å²) in [6.07, 6.45) is 18.0. The molecule has 2 aliphatic carbocycles. The fourth-order valence-corrected chi connectivity index (χ4v) is 15.2. The van der Waals surface area contributed by atoms with E-state index in [0.29, 0.717) is 87.5 Å². The van der Waals surface area contributed by atoms with Crippen LogP contribution in [0, 0.1) is 12.6 Å². The van der Waals surface area contributed by atoms with Crippen LogP contribution in [0.25, 0.3) is 87.5 Å². The Hall–Kier alpha value is -9.93. The van der Waals surface area contributed by atoms with E-state index in [1.54, 1.807) is 57.1 Å². The Balaban J connectivity index is 0.000000143. The van der Waals surface area contributed by atoms with Gasteiger partial charge in [0.05, 0.1) is 85.9 Å². The van der Waals surface area contributed by atoms with Crippen LogP contribution in [0.5, 0.6) is 17.6 Å². The zero-order valence-electron chi connectivity index (χ0n) is 60.6. The van der Waals surface area contributed by atoms with E-state index in [4.69, 9.17) is 41.4 Å². The van der Waals surface area contributed by atoms with Crippen LogP contribution in [-0.4, -0.2) is 157 Å². The molecule has 2 unspecified atom stereocenters. The van der Waals surface area contributed by atoms with E-state index in [2.05, 4.69) is 29.7 Å². The molecule has 2 atom stereocenters. The van der Waals surface area contributed by atoms with Crippen LogP contribution in [0.4, 0.5) is 0 Å². The van der Waals surface area contributed by atoms with Crippen LogP contribution in [0.1, 0.15) is 132 Å². The van der Waals surface area contributed by atoms with Crippen LogP contribution < -0.4 is 18.9 Å². The van der Waals surface area contributed by atoms with Crippen molar-refractivity contribution in [3.05, 3.63) is 163 Å². The van der Waals surface area contributed by atoms with Crippen LogP contribution in [0.15, 0.2) is 146 Å². The molecule has 5 fully saturated rings. The molecule has 0 bridgehead atoms. The van der Waals surface area contributed by atoms with Crippen LogP contribution >= 0.6 is 0 Å². The predicted octanol–water partition coefficient (Wildman–Crippen LogP) is 14.7. The number of fused-ring (bicyclic) bond motifs is 12. The molecule has 2 saturated carbocycles. The van der Waals surface area contributed by atoms with E-state index in [-0.39, 0.29) is 109 Å². The van der Waals surface area contributed by atoms with Gasteiger partial charge in [-0.2, -0.15) is 4.73 Å². The second-order valence-corrected chi connectivity index (χ2v) is 27.3. The van der Waals surface area contributed by atoms with Gasteiger partial charge in [0.15, 0.2) is 6.20 Å². The maximum atomic E-state index is 12.5. The SMILES string of the molecule is C.CCOC(=O)Cc1coc2ccc3c(ccc[n+]3[O-])c12.CCOC(=O)Cc1coc2ccc3nc(OCCN4CCCC4)ccc3c12.O=C1CCC(c2coc3ccc4nc(OCCN5CCCC5)ccc4c23)C(=O)C1.O=C1CCC(c2coc3ccc4nc(OCCN5CCCC5)ccc4c23)C(=O)C1.[CH3-].[W]. The first-order valence-electron chi connectivity index (χ1n) is 36.7. The summed E-state index contributed by atoms with van der Waals surface area (Å²) in [5.74, 6) is 0.739. The molecule has 17 rings (SSSR count). The van der Waals surface area contributed by atoms with E-state index in [1.165, 1.54) is 44.7 Å². The number of likely N-dealkylation sites (tertiary alicyclic amines) is 3. The Morgan fingerprint density at radius 3 is 1.23 bits per heavy atom. The molecule has 0 N–H and O–H groups in total. The summed E-state index contributed by atoms with van der Waals surface area (Å²) < 4.78 is 51.0. The molecule has 108 heavy (non-hydrogen) atoms. The number of esters is 2. The second-order valence-electron chi connectivity index (χ2n) is 27.3. The summed E-state index contributed by atoms with van der Waals surface area (Å²) in [5, 5.41) is 18.9. The number of carbonyl (C=O) groups is 6. The molecule has 11 heterocycles. The third-order valence-corrected chi connectivity index (χ3v) is 20.4. The molecular formula is C84H92N7O16W-. The van der Waals surface area contributed by atoms with Crippen molar-refractivity contribution in [1.82, 2.24) is 29.7 Å². The second kappa shape index (κ2) is 36.8. The van der Waals surface area contributed by atoms with E-state index in [0.717, 1.165) is 162 Å². The topological polar surface area (TPSA) is 276 Å². The van der Waals surface area contributed by atoms with Crippen molar-refractivity contribution in [3.8, 4) is 17.6 Å². The minimum atomic E-state index is -0.307. The average Bonchev–Trinajstić information content (AvgIpc) is 1.58. The Morgan fingerprint density at radius 2 is 0.843 bits per heavy atom. The van der Waals surface area contributed by atoms with Gasteiger partial charge in [0, 0.05) is 156 Å². The predicted molar refractivity (Wildman–Crippen MR) is 408 cm³/mol. The van der Waals surface area contributed by atoms with E-state index < -0.39 is 0 Å². The molecule has 5 aliphatic rings. The standard InChI is InChI=1S/2C23H24N2O4.C21H24N2O4.C15H13NO4.CH4.CH3.W/c2*26-15-3-4-16(20(27)13-15)18-14-29-21-7-6-19-17(23(18)21)5-8-22(24-19)28-12-11-25-9-1-2-10-25;1-2-25-20(24)13-15-14-27-18-7-6-17-16(21(15)18)5-8-19(22-17)26-12-11-23-9-3-4-10-23;1-2-19-14(17)8-10-9-20-13-6-5-12-11(15(10)13)4-3-7-16(12)18;;;/h2*5-8,14,16H,1-4,9-13H2;5-8,14H,2-4,9-13H2,1H3;3-7,9H,2,8H2,1H3;1H4;1H3;/q;;;;;-1;. The van der Waals surface area contributed by atoms with Gasteiger partial charge in [-0.15, -0.1) is 0 Å². The van der Waals surface area contributed by atoms with Gasteiger partial charge in [0.2, 0.25) is 23.2 Å². The molecule has 0 amide bonds. The van der Waals surface area contributed by atoms with Gasteiger partial charge >= 0.3 is 11.9 Å². The first kappa shape index (κ1) is 79.1. The van der Waals surface area contributed by atoms with Crippen molar-refractivity contribution in [2.24, 2.45) is 0 Å². The van der Waals surface area contributed by atoms with Crippen LogP contribution in [-0.2, 0) is 72.1 Å². The van der Waals surface area contributed by atoms with Gasteiger partial charge in [-0.05, 0) is 171 Å². The third kappa shape index (κ3) is 18.3. The number of pyridine rings is 4. The van der Waals surface area contributed by atoms with Crippen molar-refractivity contribution in [2.45, 2.75) is 123 Å². The Labute approximate surface area is 640 Å². The minimum absolute atomic E-state index is 0. The quantitative estimate of drug-likeness (QED) is 0.0225. The molecule has 4 aromatic carbocycles. The fourth-order valence-electron chi connectivity index (χ4n) is 15.2. The minimum Gasteiger partial charge on any atom is -0.618 e. The summed E-state index contributed by atoms with van der Waals surface area (Å²) in [4.78, 5) is 92.8. The van der Waals surface area contributed by atoms with Crippen LogP contribution in [0.3, 0.4) is 0 Å². The Bertz CT molecular complexity index is 5010. The fraction of sp³-hybridized carbons (Fsp3) is 0.393. The molecule has 24 heteroatoms. The zero-order chi connectivity index (χ0) is 72.3. The first-order valence-corrected chi connectivity index (χ1v) is 36.7. The summed E-state index contributed by atoms with van der Waals surface area (Å²) >= 11 is 0. The largest absolute Gasteiger partial charge is 0.618 e. The maximum absolute atomic E-state index is 12.5. The Morgan fingerprint density at radius 1 is 0.481 bits per heavy atom. The number of Topliss-reactive ketones (excluding diaryl/α,β-unsaturated/α-hetero) is 4. The van der Waals surface area contributed by atoms with Gasteiger partial charge in [0.1, 0.15) is 65.3 Å². The third-order valence-electron chi connectivity index (χ3n) is 20.4. The average molecular weight is 1640 g/mol. The maximum Gasteiger partial charge on any atom is 0.310 e. The summed E-state index contributed by atoms with van der Waals surface area (Å²) in [7, 11) is 0. The van der Waals surface area contributed by atoms with E-state index >= 15 is 0 Å². The summed E-state index contributed by atoms with van der Waals surface area (Å²) in [6.45, 7) is 15.9. The van der Waals surface area contributed by atoms with Gasteiger partial charge in [-0.1, -0.05) is 7.43 Å². The number of aromatic nitrogens is 4. The van der Waals surface area contributed by atoms with Gasteiger partial charge in [0.25, 0.3) is 0 Å². The molecular weight excluding hydrogens is 1550 g/mol. The smallest absolute Gasteiger partial charge is 0.310 e. The van der Waals surface area contributed by atoms with Gasteiger partial charge < -0.3 is 54.0 Å². The number of nitrogens with zero attached hydrogens (tertiary/aromatic N) is 7. The molecule has 0 spiro atoms. The number of hydrogen-bond acceptors (Lipinski definition) is 22. The Kier molecular flexibility index (Phi) is 26.9. The summed E-state index contributed by atoms with van der Waals surface area (Å²) in [6, 6.07) is 30.0. The number of rotatable bonds is 20. The number of ether oxygens (including phenoxy) is 5. The van der Waals surface area contributed by atoms with Crippen molar-refractivity contribution in [3.63, 3.8) is 0 Å². The van der Waals surface area contributed by atoms with Gasteiger partial charge in [-0.3, -0.25) is 43.5 Å². The molecule has 8 aromatic heterocycles. The normalized spacial score (nSPS) is 16.9. The van der Waals surface area contributed by atoms with Crippen molar-refractivity contribution in [1.29, 1.82) is 0 Å². The number of ketones is 4. The van der Waals surface area contributed by atoms with E-state index in [9.17, 15) is 34.0 Å². The van der Waals surface area contributed by atoms with Crippen molar-refractivity contribution >= 4 is 123 Å².